The number of methoxy groups -OCH3 is 1. The van der Waals surface area contributed by atoms with Gasteiger partial charge in [0.25, 0.3) is 0 Å². The molecule has 2 aromatic rings. The normalized spacial score (nSPS) is 10.3. The van der Waals surface area contributed by atoms with Gasteiger partial charge in [-0.3, -0.25) is 0 Å². The van der Waals surface area contributed by atoms with Crippen LogP contribution in [0.5, 0.6) is 5.88 Å². The molecule has 0 aliphatic rings. The van der Waals surface area contributed by atoms with E-state index in [4.69, 9.17) is 10.5 Å². The number of benzene rings is 1. The maximum Gasteiger partial charge on any atom is 0.213 e. The van der Waals surface area contributed by atoms with Crippen LogP contribution >= 0.6 is 0 Å². The molecule has 0 atom stereocenters. The Morgan fingerprint density at radius 2 is 2.06 bits per heavy atom. The molecule has 0 amide bonds. The molecule has 0 radical (unpaired) electrons. The smallest absolute Gasteiger partial charge is 0.213 e. The second kappa shape index (κ2) is 4.37. The summed E-state index contributed by atoms with van der Waals surface area (Å²) in [6.07, 6.45) is 0. The Balaban J connectivity index is 2.24. The third kappa shape index (κ3) is 2.50. The SMILES string of the molecule is COc1cc(Nc2cc(C)cc(N)c2)nn1C. The van der Waals surface area contributed by atoms with Crippen LogP contribution in [0.4, 0.5) is 17.2 Å². The second-order valence-corrected chi connectivity index (χ2v) is 3.95. The fourth-order valence-corrected chi connectivity index (χ4v) is 1.74. The predicted octanol–water partition coefficient (Wildman–Crippen LogP) is 2.06. The van der Waals surface area contributed by atoms with E-state index in [-0.39, 0.29) is 0 Å². The number of nitrogens with zero attached hydrogens (tertiary/aromatic N) is 2. The molecule has 0 fully saturated rings. The van der Waals surface area contributed by atoms with Gasteiger partial charge in [0.1, 0.15) is 0 Å². The summed E-state index contributed by atoms with van der Waals surface area (Å²) in [5, 5.41) is 7.46. The second-order valence-electron chi connectivity index (χ2n) is 3.95. The van der Waals surface area contributed by atoms with Crippen LogP contribution in [0, 0.1) is 6.92 Å². The predicted molar refractivity (Wildman–Crippen MR) is 68.6 cm³/mol. The van der Waals surface area contributed by atoms with Gasteiger partial charge >= 0.3 is 0 Å². The quantitative estimate of drug-likeness (QED) is 0.795. The van der Waals surface area contributed by atoms with Crippen LogP contribution in [0.3, 0.4) is 0 Å². The minimum Gasteiger partial charge on any atom is -0.481 e. The zero-order chi connectivity index (χ0) is 12.4. The molecule has 1 aromatic carbocycles. The molecule has 0 unspecified atom stereocenters. The van der Waals surface area contributed by atoms with Crippen LogP contribution < -0.4 is 15.8 Å². The lowest BCUT2D eigenvalue weighted by Crippen LogP contribution is -1.97. The summed E-state index contributed by atoms with van der Waals surface area (Å²) in [4.78, 5) is 0. The molecule has 3 N–H and O–H groups in total. The lowest BCUT2D eigenvalue weighted by atomic mass is 10.2. The fraction of sp³-hybridized carbons (Fsp3) is 0.250. The van der Waals surface area contributed by atoms with E-state index in [9.17, 15) is 0 Å². The van der Waals surface area contributed by atoms with Crippen molar-refractivity contribution in [1.29, 1.82) is 0 Å². The molecule has 1 aromatic heterocycles. The third-order valence-corrected chi connectivity index (χ3v) is 2.42. The Bertz CT molecular complexity index is 513. The van der Waals surface area contributed by atoms with Crippen LogP contribution in [-0.2, 0) is 7.05 Å². The summed E-state index contributed by atoms with van der Waals surface area (Å²) in [6, 6.07) is 7.63. The van der Waals surface area contributed by atoms with Gasteiger partial charge in [0.2, 0.25) is 5.88 Å². The number of aromatic nitrogens is 2. The van der Waals surface area contributed by atoms with Gasteiger partial charge in [0.05, 0.1) is 7.11 Å². The van der Waals surface area contributed by atoms with Crippen LogP contribution in [0.1, 0.15) is 5.56 Å². The maximum absolute atomic E-state index is 5.78. The average molecular weight is 232 g/mol. The third-order valence-electron chi connectivity index (χ3n) is 2.42. The monoisotopic (exact) mass is 232 g/mol. The average Bonchev–Trinajstić information content (AvgIpc) is 2.57. The number of nitrogens with two attached hydrogens (primary N) is 1. The summed E-state index contributed by atoms with van der Waals surface area (Å²) in [5.41, 5.74) is 8.54. The van der Waals surface area contributed by atoms with Gasteiger partial charge in [0.15, 0.2) is 5.82 Å². The van der Waals surface area contributed by atoms with Gasteiger partial charge in [-0.15, -0.1) is 0 Å². The van der Waals surface area contributed by atoms with Gasteiger partial charge in [-0.1, -0.05) is 0 Å². The van der Waals surface area contributed by atoms with Crippen molar-refractivity contribution in [2.75, 3.05) is 18.2 Å². The Labute approximate surface area is 100 Å². The number of nitrogen functional groups attached to an aromatic ring is 1. The molecule has 0 spiro atoms. The molecule has 0 saturated heterocycles. The van der Waals surface area contributed by atoms with Gasteiger partial charge in [-0.2, -0.15) is 5.10 Å². The number of anilines is 3. The Morgan fingerprint density at radius 1 is 1.29 bits per heavy atom. The van der Waals surface area contributed by atoms with Gasteiger partial charge in [-0.05, 0) is 30.7 Å². The van der Waals surface area contributed by atoms with E-state index in [1.165, 1.54) is 0 Å². The maximum atomic E-state index is 5.78. The van der Waals surface area contributed by atoms with E-state index in [0.29, 0.717) is 5.88 Å². The number of ether oxygens (including phenoxy) is 1. The molecular weight excluding hydrogens is 216 g/mol. The molecule has 1 heterocycles. The number of rotatable bonds is 3. The minimum atomic E-state index is 0.702. The summed E-state index contributed by atoms with van der Waals surface area (Å²) >= 11 is 0. The van der Waals surface area contributed by atoms with E-state index >= 15 is 0 Å². The van der Waals surface area contributed by atoms with Crippen molar-refractivity contribution in [2.24, 2.45) is 7.05 Å². The highest BCUT2D eigenvalue weighted by Gasteiger charge is 2.05. The van der Waals surface area contributed by atoms with Crippen LogP contribution in [0.25, 0.3) is 0 Å². The first kappa shape index (κ1) is 11.3. The number of nitrogens with one attached hydrogen (secondary N) is 1. The van der Waals surface area contributed by atoms with Crippen LogP contribution in [-0.4, -0.2) is 16.9 Å². The summed E-state index contributed by atoms with van der Waals surface area (Å²) in [7, 11) is 3.44. The molecule has 0 saturated carbocycles. The molecule has 17 heavy (non-hydrogen) atoms. The summed E-state index contributed by atoms with van der Waals surface area (Å²) in [6.45, 7) is 2.00. The molecule has 5 heteroatoms. The Hall–Kier alpha value is -2.17. The lowest BCUT2D eigenvalue weighted by molar-refractivity contribution is 0.373. The Kier molecular flexibility index (Phi) is 2.91. The van der Waals surface area contributed by atoms with Crippen molar-refractivity contribution >= 4 is 17.2 Å². The molecule has 0 aliphatic carbocycles. The lowest BCUT2D eigenvalue weighted by Gasteiger charge is -2.05. The standard InChI is InChI=1S/C12H16N4O/c1-8-4-9(13)6-10(5-8)14-11-7-12(17-3)16(2)15-11/h4-7H,13H2,1-3H3,(H,14,15). The fourth-order valence-electron chi connectivity index (χ4n) is 1.74. The van der Waals surface area contributed by atoms with Crippen molar-refractivity contribution in [2.45, 2.75) is 6.92 Å². The summed E-state index contributed by atoms with van der Waals surface area (Å²) in [5.74, 6) is 1.43. The highest BCUT2D eigenvalue weighted by atomic mass is 16.5. The topological polar surface area (TPSA) is 65.1 Å². The molecule has 90 valence electrons. The van der Waals surface area contributed by atoms with E-state index in [0.717, 1.165) is 22.8 Å². The number of aryl methyl sites for hydroxylation is 2. The van der Waals surface area contributed by atoms with E-state index in [1.54, 1.807) is 11.8 Å². The minimum absolute atomic E-state index is 0.702. The van der Waals surface area contributed by atoms with E-state index < -0.39 is 0 Å². The molecule has 0 aliphatic heterocycles. The van der Waals surface area contributed by atoms with Crippen molar-refractivity contribution in [3.05, 3.63) is 29.8 Å². The summed E-state index contributed by atoms with van der Waals surface area (Å²) < 4.78 is 6.81. The van der Waals surface area contributed by atoms with Crippen molar-refractivity contribution < 1.29 is 4.74 Å². The van der Waals surface area contributed by atoms with Crippen molar-refractivity contribution in [3.8, 4) is 5.88 Å². The number of hydrogen-bond acceptors (Lipinski definition) is 4. The van der Waals surface area contributed by atoms with Crippen molar-refractivity contribution in [1.82, 2.24) is 9.78 Å². The zero-order valence-electron chi connectivity index (χ0n) is 10.2. The molecule has 0 bridgehead atoms. The van der Waals surface area contributed by atoms with Gasteiger partial charge in [-0.25, -0.2) is 4.68 Å². The highest BCUT2D eigenvalue weighted by molar-refractivity contribution is 5.63. The van der Waals surface area contributed by atoms with Gasteiger partial charge in [0, 0.05) is 24.5 Å². The van der Waals surface area contributed by atoms with Crippen LogP contribution in [0.15, 0.2) is 24.3 Å². The largest absolute Gasteiger partial charge is 0.481 e. The van der Waals surface area contributed by atoms with Crippen molar-refractivity contribution in [3.63, 3.8) is 0 Å². The first-order chi connectivity index (χ1) is 8.08. The van der Waals surface area contributed by atoms with E-state index in [2.05, 4.69) is 10.4 Å². The van der Waals surface area contributed by atoms with E-state index in [1.807, 2.05) is 38.2 Å². The number of hydrogen-bond donors (Lipinski definition) is 2. The zero-order valence-corrected chi connectivity index (χ0v) is 10.2. The molecule has 2 rings (SSSR count). The first-order valence-electron chi connectivity index (χ1n) is 5.30. The van der Waals surface area contributed by atoms with Gasteiger partial charge < -0.3 is 15.8 Å². The highest BCUT2D eigenvalue weighted by Crippen LogP contribution is 2.22. The van der Waals surface area contributed by atoms with Crippen LogP contribution in [0.2, 0.25) is 0 Å². The molecular formula is C12H16N4O. The Morgan fingerprint density at radius 3 is 2.65 bits per heavy atom. The molecule has 5 nitrogen and oxygen atoms in total. The first-order valence-corrected chi connectivity index (χ1v) is 5.30.